The van der Waals surface area contributed by atoms with Crippen LogP contribution in [0.25, 0.3) is 70.9 Å². The first-order chi connectivity index (χ1) is 23.3. The number of fused-ring (bicyclic) bond motifs is 12. The van der Waals surface area contributed by atoms with Gasteiger partial charge in [-0.2, -0.15) is 0 Å². The van der Waals surface area contributed by atoms with Crippen molar-refractivity contribution in [1.29, 1.82) is 0 Å². The maximum absolute atomic E-state index is 2.48. The summed E-state index contributed by atoms with van der Waals surface area (Å²) in [6.45, 7) is 0. The Morgan fingerprint density at radius 3 is 2.00 bits per heavy atom. The Morgan fingerprint density at radius 1 is 0.511 bits per heavy atom. The molecule has 1 aliphatic carbocycles. The topological polar surface area (TPSA) is 4.93 Å². The van der Waals surface area contributed by atoms with Gasteiger partial charge in [0.15, 0.2) is 0 Å². The Bertz CT molecular complexity index is 2660. The van der Waals surface area contributed by atoms with E-state index in [4.69, 9.17) is 0 Å². The first-order valence-electron chi connectivity index (χ1n) is 16.8. The summed E-state index contributed by atoms with van der Waals surface area (Å²) in [6, 6.07) is 58.9. The van der Waals surface area contributed by atoms with Gasteiger partial charge in [-0.25, -0.2) is 0 Å². The van der Waals surface area contributed by atoms with Crippen LogP contribution in [0.15, 0.2) is 158 Å². The number of rotatable bonds is 3. The smallest absolute Gasteiger partial charge is 0.0547 e. The fourth-order valence-electron chi connectivity index (χ4n) is 8.57. The lowest BCUT2D eigenvalue weighted by Gasteiger charge is -2.21. The van der Waals surface area contributed by atoms with Crippen molar-refractivity contribution in [3.8, 4) is 16.8 Å². The molecule has 1 aliphatic rings. The standard InChI is InChI=1S/C46H33N/c1-2-13-36(14-3-1)47-42-27-24-33-12-6-9-17-39(33)46(42)40-25-18-30(29-43(40)47)28-35-22-21-34-20-19-31-10-4-7-15-37(31)44(34)41-26-23-32-11-5-8-16-38(32)45(35)41/h1-20,23-27,29,35H,21-22,28H2. The van der Waals surface area contributed by atoms with E-state index in [1.165, 1.54) is 87.6 Å². The van der Waals surface area contributed by atoms with Gasteiger partial charge >= 0.3 is 0 Å². The Hall–Kier alpha value is -5.66. The summed E-state index contributed by atoms with van der Waals surface area (Å²) in [4.78, 5) is 0. The summed E-state index contributed by atoms with van der Waals surface area (Å²) in [5.74, 6) is 0.398. The molecule has 1 heterocycles. The number of para-hydroxylation sites is 1. The lowest BCUT2D eigenvalue weighted by atomic mass is 9.82. The van der Waals surface area contributed by atoms with Crippen molar-refractivity contribution in [2.24, 2.45) is 0 Å². The van der Waals surface area contributed by atoms with E-state index in [1.54, 1.807) is 0 Å². The van der Waals surface area contributed by atoms with Crippen molar-refractivity contribution in [1.82, 2.24) is 4.57 Å². The van der Waals surface area contributed by atoms with Gasteiger partial charge in [-0.1, -0.05) is 133 Å². The summed E-state index contributed by atoms with van der Waals surface area (Å²) in [7, 11) is 0. The van der Waals surface area contributed by atoms with Crippen LogP contribution in [0.3, 0.4) is 0 Å². The molecule has 0 aliphatic heterocycles. The second-order valence-electron chi connectivity index (χ2n) is 13.2. The third-order valence-corrected chi connectivity index (χ3v) is 10.6. The zero-order valence-electron chi connectivity index (χ0n) is 26.2. The van der Waals surface area contributed by atoms with Crippen LogP contribution in [0.1, 0.15) is 29.0 Å². The molecular formula is C46H33N. The van der Waals surface area contributed by atoms with Crippen LogP contribution in [0.5, 0.6) is 0 Å². The molecule has 1 atom stereocenters. The molecular weight excluding hydrogens is 567 g/mol. The molecule has 222 valence electrons. The molecule has 1 heteroatoms. The predicted octanol–water partition coefficient (Wildman–Crippen LogP) is 12.2. The molecule has 0 N–H and O–H groups in total. The van der Waals surface area contributed by atoms with Crippen molar-refractivity contribution in [2.45, 2.75) is 25.2 Å². The number of benzene rings is 8. The third-order valence-electron chi connectivity index (χ3n) is 10.6. The van der Waals surface area contributed by atoms with Gasteiger partial charge in [0.2, 0.25) is 0 Å². The van der Waals surface area contributed by atoms with Gasteiger partial charge in [0.25, 0.3) is 0 Å². The zero-order valence-corrected chi connectivity index (χ0v) is 26.2. The van der Waals surface area contributed by atoms with E-state index in [-0.39, 0.29) is 0 Å². The summed E-state index contributed by atoms with van der Waals surface area (Å²) in [5.41, 5.74) is 10.9. The molecule has 8 aromatic carbocycles. The molecule has 0 bridgehead atoms. The van der Waals surface area contributed by atoms with Crippen LogP contribution in [-0.2, 0) is 12.8 Å². The maximum Gasteiger partial charge on any atom is 0.0547 e. The highest BCUT2D eigenvalue weighted by atomic mass is 15.0. The van der Waals surface area contributed by atoms with E-state index in [0.29, 0.717) is 5.92 Å². The SMILES string of the molecule is c1ccc(-n2c3cc(CC4CCc5ccc6ccccc6c5-c5ccc6ccccc6c54)ccc3c3c4ccccc4ccc32)cc1. The van der Waals surface area contributed by atoms with E-state index in [0.717, 1.165) is 19.3 Å². The molecule has 9 aromatic rings. The van der Waals surface area contributed by atoms with Gasteiger partial charge in [-0.3, -0.25) is 0 Å². The molecule has 10 rings (SSSR count). The average molecular weight is 600 g/mol. The van der Waals surface area contributed by atoms with Gasteiger partial charge in [0.1, 0.15) is 0 Å². The monoisotopic (exact) mass is 599 g/mol. The zero-order chi connectivity index (χ0) is 30.9. The minimum absolute atomic E-state index is 0.398. The molecule has 0 saturated carbocycles. The summed E-state index contributed by atoms with van der Waals surface area (Å²) >= 11 is 0. The second kappa shape index (κ2) is 10.4. The maximum atomic E-state index is 2.48. The normalized spacial score (nSPS) is 14.5. The number of aromatic nitrogens is 1. The van der Waals surface area contributed by atoms with Crippen LogP contribution in [0.4, 0.5) is 0 Å². The number of aryl methyl sites for hydroxylation is 1. The van der Waals surface area contributed by atoms with Gasteiger partial charge in [0.05, 0.1) is 11.0 Å². The third kappa shape index (κ3) is 4.09. The van der Waals surface area contributed by atoms with Crippen LogP contribution in [0, 0.1) is 0 Å². The van der Waals surface area contributed by atoms with Crippen molar-refractivity contribution in [3.05, 3.63) is 174 Å². The molecule has 0 saturated heterocycles. The predicted molar refractivity (Wildman–Crippen MR) is 200 cm³/mol. The van der Waals surface area contributed by atoms with Crippen LogP contribution < -0.4 is 0 Å². The Kier molecular flexibility index (Phi) is 5.90. The molecule has 0 radical (unpaired) electrons. The summed E-state index contributed by atoms with van der Waals surface area (Å²) < 4.78 is 2.47. The molecule has 0 fully saturated rings. The molecule has 1 nitrogen and oxygen atoms in total. The highest BCUT2D eigenvalue weighted by molar-refractivity contribution is 6.21. The highest BCUT2D eigenvalue weighted by Gasteiger charge is 2.26. The molecule has 0 spiro atoms. The highest BCUT2D eigenvalue weighted by Crippen LogP contribution is 2.46. The summed E-state index contributed by atoms with van der Waals surface area (Å²) in [5, 5.41) is 10.6. The van der Waals surface area contributed by atoms with Crippen molar-refractivity contribution in [3.63, 3.8) is 0 Å². The Morgan fingerprint density at radius 2 is 1.17 bits per heavy atom. The van der Waals surface area contributed by atoms with Crippen LogP contribution in [-0.4, -0.2) is 4.57 Å². The number of nitrogens with zero attached hydrogens (tertiary/aromatic N) is 1. The minimum Gasteiger partial charge on any atom is -0.309 e. The van der Waals surface area contributed by atoms with Crippen molar-refractivity contribution in [2.75, 3.05) is 0 Å². The van der Waals surface area contributed by atoms with Gasteiger partial charge in [-0.15, -0.1) is 0 Å². The fourth-order valence-corrected chi connectivity index (χ4v) is 8.57. The number of hydrogen-bond donors (Lipinski definition) is 0. The molecule has 47 heavy (non-hydrogen) atoms. The first-order valence-corrected chi connectivity index (χ1v) is 16.8. The van der Waals surface area contributed by atoms with Gasteiger partial charge in [0, 0.05) is 16.5 Å². The lowest BCUT2D eigenvalue weighted by Crippen LogP contribution is -2.05. The second-order valence-corrected chi connectivity index (χ2v) is 13.2. The van der Waals surface area contributed by atoms with Crippen molar-refractivity contribution < 1.29 is 0 Å². The number of hydrogen-bond acceptors (Lipinski definition) is 0. The van der Waals surface area contributed by atoms with E-state index in [2.05, 4.69) is 162 Å². The van der Waals surface area contributed by atoms with Gasteiger partial charge in [-0.05, 0) is 110 Å². The Balaban J connectivity index is 1.19. The first kappa shape index (κ1) is 26.5. The molecule has 1 unspecified atom stereocenters. The van der Waals surface area contributed by atoms with Crippen molar-refractivity contribution >= 4 is 54.1 Å². The molecule has 1 aromatic heterocycles. The quantitative estimate of drug-likeness (QED) is 0.190. The van der Waals surface area contributed by atoms with E-state index in [1.807, 2.05) is 0 Å². The molecule has 0 amide bonds. The van der Waals surface area contributed by atoms with Crippen LogP contribution in [0.2, 0.25) is 0 Å². The minimum atomic E-state index is 0.398. The van der Waals surface area contributed by atoms with E-state index in [9.17, 15) is 0 Å². The largest absolute Gasteiger partial charge is 0.309 e. The van der Waals surface area contributed by atoms with Gasteiger partial charge < -0.3 is 4.57 Å². The van der Waals surface area contributed by atoms with Crippen LogP contribution >= 0.6 is 0 Å². The summed E-state index contributed by atoms with van der Waals surface area (Å²) in [6.07, 6.45) is 3.20. The average Bonchev–Trinajstić information content (AvgIpc) is 3.37. The van der Waals surface area contributed by atoms with E-state index < -0.39 is 0 Å². The van der Waals surface area contributed by atoms with E-state index >= 15 is 0 Å². The lowest BCUT2D eigenvalue weighted by molar-refractivity contribution is 0.633. The fraction of sp³-hybridized carbons (Fsp3) is 0.0870. The Labute approximate surface area is 274 Å².